The van der Waals surface area contributed by atoms with Gasteiger partial charge in [0, 0.05) is 11.6 Å². The summed E-state index contributed by atoms with van der Waals surface area (Å²) in [6.07, 6.45) is 2.84. The SMILES string of the molecule is O=S1(=O)CCCN(CCCc2ccc(Cl)cc2)CC1. The van der Waals surface area contributed by atoms with E-state index in [2.05, 4.69) is 17.0 Å². The molecular weight excluding hydrogens is 282 g/mol. The van der Waals surface area contributed by atoms with Gasteiger partial charge in [-0.3, -0.25) is 0 Å². The molecule has 1 aliphatic heterocycles. The van der Waals surface area contributed by atoms with Crippen LogP contribution in [0, 0.1) is 0 Å². The molecule has 1 aromatic carbocycles. The van der Waals surface area contributed by atoms with Crippen LogP contribution in [0.2, 0.25) is 5.02 Å². The molecule has 1 saturated heterocycles. The molecule has 2 rings (SSSR count). The van der Waals surface area contributed by atoms with Gasteiger partial charge < -0.3 is 4.90 Å². The maximum atomic E-state index is 11.5. The van der Waals surface area contributed by atoms with Crippen molar-refractivity contribution in [3.63, 3.8) is 0 Å². The Morgan fingerprint density at radius 2 is 1.84 bits per heavy atom. The second-order valence-corrected chi connectivity index (χ2v) is 7.82. The van der Waals surface area contributed by atoms with Gasteiger partial charge in [-0.1, -0.05) is 23.7 Å². The maximum absolute atomic E-state index is 11.5. The molecule has 0 aromatic heterocycles. The molecular formula is C14H20ClNO2S. The van der Waals surface area contributed by atoms with Crippen LogP contribution in [0.4, 0.5) is 0 Å². The predicted molar refractivity (Wildman–Crippen MR) is 79.5 cm³/mol. The van der Waals surface area contributed by atoms with Crippen molar-refractivity contribution in [3.8, 4) is 0 Å². The maximum Gasteiger partial charge on any atom is 0.151 e. The first-order valence-corrected chi connectivity index (χ1v) is 8.92. The fraction of sp³-hybridized carbons (Fsp3) is 0.571. The van der Waals surface area contributed by atoms with Crippen LogP contribution >= 0.6 is 11.6 Å². The molecule has 0 spiro atoms. The van der Waals surface area contributed by atoms with Crippen molar-refractivity contribution in [1.29, 1.82) is 0 Å². The molecule has 0 amide bonds. The molecule has 0 saturated carbocycles. The topological polar surface area (TPSA) is 37.4 Å². The summed E-state index contributed by atoms with van der Waals surface area (Å²) >= 11 is 5.85. The molecule has 1 heterocycles. The second-order valence-electron chi connectivity index (χ2n) is 5.08. The Hall–Kier alpha value is -0.580. The lowest BCUT2D eigenvalue weighted by Gasteiger charge is -2.18. The van der Waals surface area contributed by atoms with E-state index in [1.54, 1.807) is 0 Å². The van der Waals surface area contributed by atoms with Crippen molar-refractivity contribution < 1.29 is 8.42 Å². The van der Waals surface area contributed by atoms with Gasteiger partial charge in [0.05, 0.1) is 11.5 Å². The van der Waals surface area contributed by atoms with Crippen LogP contribution in [-0.2, 0) is 16.3 Å². The summed E-state index contributed by atoms with van der Waals surface area (Å²) in [6, 6.07) is 7.93. The highest BCUT2D eigenvalue weighted by Gasteiger charge is 2.18. The molecule has 5 heteroatoms. The van der Waals surface area contributed by atoms with Gasteiger partial charge in [0.1, 0.15) is 0 Å². The highest BCUT2D eigenvalue weighted by molar-refractivity contribution is 7.91. The molecule has 1 aliphatic rings. The lowest BCUT2D eigenvalue weighted by molar-refractivity contribution is 0.291. The van der Waals surface area contributed by atoms with Gasteiger partial charge in [-0.05, 0) is 50.0 Å². The average Bonchev–Trinajstić information content (AvgIpc) is 2.53. The highest BCUT2D eigenvalue weighted by Crippen LogP contribution is 2.12. The van der Waals surface area contributed by atoms with Gasteiger partial charge in [-0.25, -0.2) is 8.42 Å². The van der Waals surface area contributed by atoms with Crippen LogP contribution in [0.1, 0.15) is 18.4 Å². The van der Waals surface area contributed by atoms with Gasteiger partial charge in [-0.2, -0.15) is 0 Å². The number of hydrogen-bond acceptors (Lipinski definition) is 3. The Labute approximate surface area is 120 Å². The van der Waals surface area contributed by atoms with E-state index in [1.807, 2.05) is 12.1 Å². The third-order valence-electron chi connectivity index (χ3n) is 3.50. The summed E-state index contributed by atoms with van der Waals surface area (Å²) in [4.78, 5) is 2.26. The fourth-order valence-electron chi connectivity index (χ4n) is 2.37. The molecule has 1 aromatic rings. The van der Waals surface area contributed by atoms with Crippen LogP contribution in [0.25, 0.3) is 0 Å². The molecule has 0 aliphatic carbocycles. The lowest BCUT2D eigenvalue weighted by atomic mass is 10.1. The lowest BCUT2D eigenvalue weighted by Crippen LogP contribution is -2.28. The number of halogens is 1. The van der Waals surface area contributed by atoms with Crippen LogP contribution in [0.5, 0.6) is 0 Å². The number of aryl methyl sites for hydroxylation is 1. The Kier molecular flexibility index (Phi) is 5.25. The van der Waals surface area contributed by atoms with Crippen LogP contribution in [0.15, 0.2) is 24.3 Å². The number of sulfone groups is 1. The van der Waals surface area contributed by atoms with E-state index >= 15 is 0 Å². The van der Waals surface area contributed by atoms with Crippen molar-refractivity contribution >= 4 is 21.4 Å². The molecule has 0 atom stereocenters. The first-order chi connectivity index (χ1) is 9.05. The van der Waals surface area contributed by atoms with E-state index in [0.29, 0.717) is 18.1 Å². The van der Waals surface area contributed by atoms with Crippen LogP contribution in [-0.4, -0.2) is 44.5 Å². The second kappa shape index (κ2) is 6.73. The number of hydrogen-bond donors (Lipinski definition) is 0. The Morgan fingerprint density at radius 1 is 1.11 bits per heavy atom. The predicted octanol–water partition coefficient (Wildman–Crippen LogP) is 2.39. The minimum atomic E-state index is -2.79. The van der Waals surface area contributed by atoms with E-state index in [9.17, 15) is 8.42 Å². The van der Waals surface area contributed by atoms with Gasteiger partial charge in [0.15, 0.2) is 9.84 Å². The first kappa shape index (κ1) is 14.8. The van der Waals surface area contributed by atoms with Gasteiger partial charge in [0.2, 0.25) is 0 Å². The van der Waals surface area contributed by atoms with Gasteiger partial charge in [0.25, 0.3) is 0 Å². The normalized spacial score (nSPS) is 20.1. The zero-order valence-corrected chi connectivity index (χ0v) is 12.6. The molecule has 106 valence electrons. The summed E-state index contributed by atoms with van der Waals surface area (Å²) in [5.74, 6) is 0.661. The average molecular weight is 302 g/mol. The number of benzene rings is 1. The summed E-state index contributed by atoms with van der Waals surface area (Å²) < 4.78 is 23.0. The summed E-state index contributed by atoms with van der Waals surface area (Å²) in [5.41, 5.74) is 1.28. The molecule has 0 radical (unpaired) electrons. The molecule has 1 fully saturated rings. The quantitative estimate of drug-likeness (QED) is 0.857. The molecule has 3 nitrogen and oxygen atoms in total. The monoisotopic (exact) mass is 301 g/mol. The fourth-order valence-corrected chi connectivity index (χ4v) is 3.81. The minimum Gasteiger partial charge on any atom is -0.302 e. The van der Waals surface area contributed by atoms with Crippen molar-refractivity contribution in [2.75, 3.05) is 31.1 Å². The third kappa shape index (κ3) is 5.13. The third-order valence-corrected chi connectivity index (χ3v) is 5.47. The Balaban J connectivity index is 1.75. The Bertz CT molecular complexity index is 499. The summed E-state index contributed by atoms with van der Waals surface area (Å²) in [7, 11) is -2.79. The van der Waals surface area contributed by atoms with Crippen molar-refractivity contribution in [2.45, 2.75) is 19.3 Å². The van der Waals surface area contributed by atoms with Gasteiger partial charge in [-0.15, -0.1) is 0 Å². The molecule has 0 N–H and O–H groups in total. The summed E-state index contributed by atoms with van der Waals surface area (Å²) in [5, 5.41) is 0.765. The highest BCUT2D eigenvalue weighted by atomic mass is 35.5. The smallest absolute Gasteiger partial charge is 0.151 e. The Morgan fingerprint density at radius 3 is 2.58 bits per heavy atom. The molecule has 0 unspecified atom stereocenters. The standard InChI is InChI=1S/C14H20ClNO2S/c15-14-6-4-13(5-7-14)3-1-8-16-9-2-11-19(17,18)12-10-16/h4-7H,1-3,8-12H2. The van der Waals surface area contributed by atoms with E-state index in [1.165, 1.54) is 5.56 Å². The molecule has 0 bridgehead atoms. The molecule has 19 heavy (non-hydrogen) atoms. The van der Waals surface area contributed by atoms with Crippen molar-refractivity contribution in [1.82, 2.24) is 4.90 Å². The zero-order chi connectivity index (χ0) is 13.7. The van der Waals surface area contributed by atoms with Crippen molar-refractivity contribution in [2.24, 2.45) is 0 Å². The first-order valence-electron chi connectivity index (χ1n) is 6.72. The van der Waals surface area contributed by atoms with Crippen LogP contribution < -0.4 is 0 Å². The van der Waals surface area contributed by atoms with E-state index < -0.39 is 9.84 Å². The zero-order valence-electron chi connectivity index (χ0n) is 11.0. The summed E-state index contributed by atoms with van der Waals surface area (Å²) in [6.45, 7) is 2.56. The van der Waals surface area contributed by atoms with Gasteiger partial charge >= 0.3 is 0 Å². The number of rotatable bonds is 4. The largest absolute Gasteiger partial charge is 0.302 e. The van der Waals surface area contributed by atoms with E-state index in [-0.39, 0.29) is 0 Å². The van der Waals surface area contributed by atoms with E-state index in [0.717, 1.165) is 37.4 Å². The van der Waals surface area contributed by atoms with Crippen LogP contribution in [0.3, 0.4) is 0 Å². The minimum absolute atomic E-state index is 0.313. The van der Waals surface area contributed by atoms with E-state index in [4.69, 9.17) is 11.6 Å². The number of nitrogens with zero attached hydrogens (tertiary/aromatic N) is 1. The van der Waals surface area contributed by atoms with Crippen molar-refractivity contribution in [3.05, 3.63) is 34.9 Å².